The number of nitrogens with one attached hydrogen (secondary N) is 1. The van der Waals surface area contributed by atoms with Gasteiger partial charge in [0, 0.05) is 0 Å². The second kappa shape index (κ2) is 4.94. The number of ether oxygens (including phenoxy) is 1. The second-order valence-electron chi connectivity index (χ2n) is 3.54. The number of hydrogen-bond donors (Lipinski definition) is 1. The molecule has 15 heavy (non-hydrogen) atoms. The Balaban J connectivity index is 3.18. The summed E-state index contributed by atoms with van der Waals surface area (Å²) >= 11 is 0. The maximum atomic E-state index is 11.7. The van der Waals surface area contributed by atoms with Crippen molar-refractivity contribution in [1.29, 1.82) is 0 Å². The van der Waals surface area contributed by atoms with Gasteiger partial charge in [-0.1, -0.05) is 6.07 Å². The van der Waals surface area contributed by atoms with Gasteiger partial charge in [0.1, 0.15) is 5.75 Å². The van der Waals surface area contributed by atoms with Gasteiger partial charge in [-0.2, -0.15) is 0 Å². The van der Waals surface area contributed by atoms with Crippen LogP contribution in [0.3, 0.4) is 0 Å². The van der Waals surface area contributed by atoms with E-state index in [0.29, 0.717) is 17.9 Å². The van der Waals surface area contributed by atoms with E-state index < -0.39 is 0 Å². The molecule has 0 aliphatic rings. The van der Waals surface area contributed by atoms with E-state index in [-0.39, 0.29) is 5.78 Å². The van der Waals surface area contributed by atoms with Crippen LogP contribution in [0.2, 0.25) is 0 Å². The molecule has 1 N–H and O–H groups in total. The van der Waals surface area contributed by atoms with Gasteiger partial charge in [0.2, 0.25) is 0 Å². The molecule has 0 bridgehead atoms. The number of ketones is 1. The molecule has 0 amide bonds. The molecule has 1 rings (SSSR count). The smallest absolute Gasteiger partial charge is 0.180 e. The van der Waals surface area contributed by atoms with Crippen molar-refractivity contribution in [3.63, 3.8) is 0 Å². The first-order valence-electron chi connectivity index (χ1n) is 4.93. The maximum absolute atomic E-state index is 11.7. The zero-order valence-corrected chi connectivity index (χ0v) is 9.68. The van der Waals surface area contributed by atoms with E-state index in [0.717, 1.165) is 11.1 Å². The van der Waals surface area contributed by atoms with Crippen LogP contribution in [0.4, 0.5) is 0 Å². The number of likely N-dealkylation sites (N-methyl/N-ethyl adjacent to an activating group) is 1. The Morgan fingerprint density at radius 3 is 2.60 bits per heavy atom. The van der Waals surface area contributed by atoms with Crippen molar-refractivity contribution in [3.8, 4) is 5.75 Å². The predicted octanol–water partition coefficient (Wildman–Crippen LogP) is 1.71. The van der Waals surface area contributed by atoms with Gasteiger partial charge in [-0.05, 0) is 38.1 Å². The van der Waals surface area contributed by atoms with Gasteiger partial charge >= 0.3 is 0 Å². The van der Waals surface area contributed by atoms with E-state index in [1.54, 1.807) is 14.2 Å². The number of rotatable bonds is 4. The maximum Gasteiger partial charge on any atom is 0.180 e. The monoisotopic (exact) mass is 207 g/mol. The van der Waals surface area contributed by atoms with Crippen LogP contribution in [-0.4, -0.2) is 26.5 Å². The van der Waals surface area contributed by atoms with Crippen LogP contribution < -0.4 is 10.1 Å². The van der Waals surface area contributed by atoms with E-state index in [4.69, 9.17) is 4.74 Å². The van der Waals surface area contributed by atoms with E-state index in [1.807, 2.05) is 26.0 Å². The Morgan fingerprint density at radius 2 is 2.07 bits per heavy atom. The number of aryl methyl sites for hydroxylation is 1. The zero-order valence-electron chi connectivity index (χ0n) is 9.68. The molecule has 82 valence electrons. The lowest BCUT2D eigenvalue weighted by molar-refractivity contribution is 0.0990. The average molecular weight is 207 g/mol. The molecule has 3 nitrogen and oxygen atoms in total. The van der Waals surface area contributed by atoms with Crippen LogP contribution in [0.5, 0.6) is 5.75 Å². The first-order valence-corrected chi connectivity index (χ1v) is 4.93. The lowest BCUT2D eigenvalue weighted by atomic mass is 10.0. The summed E-state index contributed by atoms with van der Waals surface area (Å²) in [7, 11) is 3.35. The van der Waals surface area contributed by atoms with Crippen molar-refractivity contribution in [2.24, 2.45) is 0 Å². The second-order valence-corrected chi connectivity index (χ2v) is 3.54. The molecule has 1 aromatic carbocycles. The Kier molecular flexibility index (Phi) is 3.86. The Bertz CT molecular complexity index is 372. The molecular weight excluding hydrogens is 190 g/mol. The van der Waals surface area contributed by atoms with Crippen molar-refractivity contribution in [3.05, 3.63) is 28.8 Å². The van der Waals surface area contributed by atoms with Gasteiger partial charge in [0.25, 0.3) is 0 Å². The Hall–Kier alpha value is -1.35. The average Bonchev–Trinajstić information content (AvgIpc) is 2.22. The highest BCUT2D eigenvalue weighted by Crippen LogP contribution is 2.26. The van der Waals surface area contributed by atoms with E-state index in [1.165, 1.54) is 0 Å². The summed E-state index contributed by atoms with van der Waals surface area (Å²) in [6.45, 7) is 4.30. The van der Waals surface area contributed by atoms with Crippen LogP contribution >= 0.6 is 0 Å². The largest absolute Gasteiger partial charge is 0.496 e. The van der Waals surface area contributed by atoms with Crippen molar-refractivity contribution in [2.75, 3.05) is 20.7 Å². The highest BCUT2D eigenvalue weighted by Gasteiger charge is 2.14. The third-order valence-corrected chi connectivity index (χ3v) is 2.52. The van der Waals surface area contributed by atoms with Crippen LogP contribution in [0.15, 0.2) is 12.1 Å². The molecule has 0 heterocycles. The third-order valence-electron chi connectivity index (χ3n) is 2.52. The SMILES string of the molecule is CNCC(=O)c1ccc(C)c(C)c1OC. The molecule has 0 aliphatic heterocycles. The normalized spacial score (nSPS) is 10.1. The number of hydrogen-bond acceptors (Lipinski definition) is 3. The van der Waals surface area contributed by atoms with Crippen LogP contribution in [0.25, 0.3) is 0 Å². The summed E-state index contributed by atoms with van der Waals surface area (Å²) in [5, 5.41) is 2.85. The zero-order chi connectivity index (χ0) is 11.4. The van der Waals surface area contributed by atoms with Gasteiger partial charge in [-0.3, -0.25) is 4.79 Å². The summed E-state index contributed by atoms with van der Waals surface area (Å²) in [5.74, 6) is 0.743. The van der Waals surface area contributed by atoms with Crippen LogP contribution in [0.1, 0.15) is 21.5 Å². The molecule has 0 radical (unpaired) electrons. The molecule has 0 saturated carbocycles. The van der Waals surface area contributed by atoms with E-state index >= 15 is 0 Å². The highest BCUT2D eigenvalue weighted by molar-refractivity contribution is 6.00. The highest BCUT2D eigenvalue weighted by atomic mass is 16.5. The van der Waals surface area contributed by atoms with Crippen molar-refractivity contribution in [2.45, 2.75) is 13.8 Å². The predicted molar refractivity (Wildman–Crippen MR) is 60.7 cm³/mol. The molecule has 1 aromatic rings. The van der Waals surface area contributed by atoms with Crippen molar-refractivity contribution >= 4 is 5.78 Å². The number of Topliss-reactive ketones (excluding diaryl/α,β-unsaturated/α-hetero) is 1. The summed E-state index contributed by atoms with van der Waals surface area (Å²) < 4.78 is 5.28. The molecular formula is C12H17NO2. The molecule has 3 heteroatoms. The minimum Gasteiger partial charge on any atom is -0.496 e. The Labute approximate surface area is 90.4 Å². The van der Waals surface area contributed by atoms with E-state index in [9.17, 15) is 4.79 Å². The molecule has 0 saturated heterocycles. The lowest BCUT2D eigenvalue weighted by Crippen LogP contribution is -2.19. The lowest BCUT2D eigenvalue weighted by Gasteiger charge is -2.12. The Morgan fingerprint density at radius 1 is 1.40 bits per heavy atom. The summed E-state index contributed by atoms with van der Waals surface area (Å²) in [5.41, 5.74) is 2.81. The molecule has 0 fully saturated rings. The number of benzene rings is 1. The number of methoxy groups -OCH3 is 1. The molecule has 0 spiro atoms. The summed E-state index contributed by atoms with van der Waals surface area (Å²) in [6.07, 6.45) is 0. The van der Waals surface area contributed by atoms with Gasteiger partial charge < -0.3 is 10.1 Å². The standard InChI is InChI=1S/C12H17NO2/c1-8-5-6-10(11(14)7-13-3)12(15-4)9(8)2/h5-6,13H,7H2,1-4H3. The molecule has 0 atom stereocenters. The number of carbonyl (C=O) groups excluding carboxylic acids is 1. The minimum atomic E-state index is 0.0532. The number of carbonyl (C=O) groups is 1. The fourth-order valence-corrected chi connectivity index (χ4v) is 1.53. The fourth-order valence-electron chi connectivity index (χ4n) is 1.53. The van der Waals surface area contributed by atoms with Crippen LogP contribution in [0, 0.1) is 13.8 Å². The quantitative estimate of drug-likeness (QED) is 0.764. The van der Waals surface area contributed by atoms with Gasteiger partial charge in [0.05, 0.1) is 19.2 Å². The van der Waals surface area contributed by atoms with Crippen LogP contribution in [-0.2, 0) is 0 Å². The van der Waals surface area contributed by atoms with Gasteiger partial charge in [0.15, 0.2) is 5.78 Å². The summed E-state index contributed by atoms with van der Waals surface area (Å²) in [4.78, 5) is 11.7. The molecule has 0 aliphatic carbocycles. The van der Waals surface area contributed by atoms with Crippen molar-refractivity contribution in [1.82, 2.24) is 5.32 Å². The molecule has 0 aromatic heterocycles. The minimum absolute atomic E-state index is 0.0532. The fraction of sp³-hybridized carbons (Fsp3) is 0.417. The third kappa shape index (κ3) is 2.36. The first kappa shape index (κ1) is 11.7. The molecule has 0 unspecified atom stereocenters. The topological polar surface area (TPSA) is 38.3 Å². The van der Waals surface area contributed by atoms with E-state index in [2.05, 4.69) is 5.32 Å². The first-order chi connectivity index (χ1) is 7.11. The van der Waals surface area contributed by atoms with Gasteiger partial charge in [-0.15, -0.1) is 0 Å². The van der Waals surface area contributed by atoms with Crippen molar-refractivity contribution < 1.29 is 9.53 Å². The summed E-state index contributed by atoms with van der Waals surface area (Å²) in [6, 6.07) is 3.77. The van der Waals surface area contributed by atoms with Gasteiger partial charge in [-0.25, -0.2) is 0 Å².